The first-order valence-corrected chi connectivity index (χ1v) is 6.12. The lowest BCUT2D eigenvalue weighted by Crippen LogP contribution is -2.36. The standard InChI is InChI=1S/C12H15N3O4/c16-10(15-9-3-1-2-4-9)7-19-12-13-5-8(6-14-12)11(17)18/h5-6,9H,1-4,7H2,(H,15,16)(H,17,18). The molecule has 0 atom stereocenters. The summed E-state index contributed by atoms with van der Waals surface area (Å²) in [7, 11) is 0. The molecule has 19 heavy (non-hydrogen) atoms. The number of carbonyl (C=O) groups is 2. The molecule has 0 unspecified atom stereocenters. The molecule has 1 amide bonds. The van der Waals surface area contributed by atoms with Gasteiger partial charge in [0.2, 0.25) is 0 Å². The van der Waals surface area contributed by atoms with Gasteiger partial charge in [-0.3, -0.25) is 4.79 Å². The van der Waals surface area contributed by atoms with Crippen LogP contribution < -0.4 is 10.1 Å². The number of rotatable bonds is 5. The van der Waals surface area contributed by atoms with Gasteiger partial charge >= 0.3 is 12.0 Å². The van der Waals surface area contributed by atoms with Gasteiger partial charge in [0, 0.05) is 18.4 Å². The van der Waals surface area contributed by atoms with Gasteiger partial charge in [0.1, 0.15) is 0 Å². The molecule has 0 radical (unpaired) electrons. The van der Waals surface area contributed by atoms with E-state index >= 15 is 0 Å². The Hall–Kier alpha value is -2.18. The molecule has 1 aromatic heterocycles. The maximum absolute atomic E-state index is 11.6. The van der Waals surface area contributed by atoms with Gasteiger partial charge in [0.15, 0.2) is 6.61 Å². The number of carboxylic acids is 1. The summed E-state index contributed by atoms with van der Waals surface area (Å²) in [5.74, 6) is -1.32. The van der Waals surface area contributed by atoms with E-state index in [-0.39, 0.29) is 30.1 Å². The van der Waals surface area contributed by atoms with Crippen molar-refractivity contribution in [2.75, 3.05) is 6.61 Å². The van der Waals surface area contributed by atoms with Crippen molar-refractivity contribution in [3.63, 3.8) is 0 Å². The number of carbonyl (C=O) groups excluding carboxylic acids is 1. The van der Waals surface area contributed by atoms with E-state index in [2.05, 4.69) is 15.3 Å². The van der Waals surface area contributed by atoms with Gasteiger partial charge < -0.3 is 15.2 Å². The van der Waals surface area contributed by atoms with Crippen LogP contribution >= 0.6 is 0 Å². The van der Waals surface area contributed by atoms with Crippen molar-refractivity contribution in [1.82, 2.24) is 15.3 Å². The number of amides is 1. The van der Waals surface area contributed by atoms with Crippen molar-refractivity contribution < 1.29 is 19.4 Å². The lowest BCUT2D eigenvalue weighted by molar-refractivity contribution is -0.123. The molecule has 1 fully saturated rings. The summed E-state index contributed by atoms with van der Waals surface area (Å²) in [6.07, 6.45) is 6.58. The summed E-state index contributed by atoms with van der Waals surface area (Å²) in [5.41, 5.74) is -0.0252. The van der Waals surface area contributed by atoms with Crippen LogP contribution in [0.3, 0.4) is 0 Å². The minimum Gasteiger partial charge on any atom is -0.478 e. The van der Waals surface area contributed by atoms with Crippen LogP contribution in [-0.4, -0.2) is 39.6 Å². The number of hydrogen-bond acceptors (Lipinski definition) is 5. The topological polar surface area (TPSA) is 101 Å². The molecule has 0 aromatic carbocycles. The van der Waals surface area contributed by atoms with Gasteiger partial charge in [0.25, 0.3) is 5.91 Å². The summed E-state index contributed by atoms with van der Waals surface area (Å²) in [5, 5.41) is 11.5. The fourth-order valence-corrected chi connectivity index (χ4v) is 1.97. The van der Waals surface area contributed by atoms with Crippen molar-refractivity contribution in [2.24, 2.45) is 0 Å². The highest BCUT2D eigenvalue weighted by molar-refractivity contribution is 5.86. The van der Waals surface area contributed by atoms with E-state index in [1.165, 1.54) is 0 Å². The number of aromatic carboxylic acids is 1. The number of nitrogens with zero attached hydrogens (tertiary/aromatic N) is 2. The number of ether oxygens (including phenoxy) is 1. The molecule has 7 heteroatoms. The highest BCUT2D eigenvalue weighted by atomic mass is 16.5. The minimum atomic E-state index is -1.11. The lowest BCUT2D eigenvalue weighted by atomic mass is 10.2. The zero-order chi connectivity index (χ0) is 13.7. The first kappa shape index (κ1) is 13.3. The molecule has 0 aliphatic heterocycles. The Morgan fingerprint density at radius 2 is 1.95 bits per heavy atom. The predicted octanol–water partition coefficient (Wildman–Crippen LogP) is 0.612. The fraction of sp³-hybridized carbons (Fsp3) is 0.500. The summed E-state index contributed by atoms with van der Waals surface area (Å²) >= 11 is 0. The zero-order valence-electron chi connectivity index (χ0n) is 10.3. The molecule has 1 aliphatic rings. The van der Waals surface area contributed by atoms with E-state index in [4.69, 9.17) is 9.84 Å². The van der Waals surface area contributed by atoms with E-state index in [1.54, 1.807) is 0 Å². The van der Waals surface area contributed by atoms with Crippen molar-refractivity contribution in [3.8, 4) is 6.01 Å². The molecule has 102 valence electrons. The van der Waals surface area contributed by atoms with Crippen LogP contribution in [-0.2, 0) is 4.79 Å². The molecular formula is C12H15N3O4. The SMILES string of the molecule is O=C(COc1ncc(C(=O)O)cn1)NC1CCCC1. The van der Waals surface area contributed by atoms with Crippen LogP contribution in [0.1, 0.15) is 36.0 Å². The third-order valence-electron chi connectivity index (χ3n) is 2.93. The fourth-order valence-electron chi connectivity index (χ4n) is 1.97. The second-order valence-electron chi connectivity index (χ2n) is 4.40. The van der Waals surface area contributed by atoms with Crippen molar-refractivity contribution in [2.45, 2.75) is 31.7 Å². The summed E-state index contributed by atoms with van der Waals surface area (Å²) < 4.78 is 5.09. The van der Waals surface area contributed by atoms with Crippen LogP contribution in [0.15, 0.2) is 12.4 Å². The lowest BCUT2D eigenvalue weighted by Gasteiger charge is -2.11. The van der Waals surface area contributed by atoms with Crippen LogP contribution in [0.4, 0.5) is 0 Å². The van der Waals surface area contributed by atoms with E-state index < -0.39 is 5.97 Å². The predicted molar refractivity (Wildman–Crippen MR) is 64.9 cm³/mol. The van der Waals surface area contributed by atoms with Gasteiger partial charge in [-0.2, -0.15) is 0 Å². The number of aromatic nitrogens is 2. The molecule has 0 saturated heterocycles. The van der Waals surface area contributed by atoms with Crippen molar-refractivity contribution >= 4 is 11.9 Å². The number of carboxylic acid groups (broad SMARTS) is 1. The van der Waals surface area contributed by atoms with Crippen LogP contribution in [0.5, 0.6) is 6.01 Å². The average molecular weight is 265 g/mol. The Morgan fingerprint density at radius 1 is 1.32 bits per heavy atom. The van der Waals surface area contributed by atoms with Gasteiger partial charge in [-0.05, 0) is 12.8 Å². The molecular weight excluding hydrogens is 250 g/mol. The maximum Gasteiger partial charge on any atom is 0.338 e. The quantitative estimate of drug-likeness (QED) is 0.809. The molecule has 7 nitrogen and oxygen atoms in total. The molecule has 1 aliphatic carbocycles. The largest absolute Gasteiger partial charge is 0.478 e. The van der Waals surface area contributed by atoms with Gasteiger partial charge in [-0.25, -0.2) is 14.8 Å². The van der Waals surface area contributed by atoms with E-state index in [0.29, 0.717) is 0 Å². The zero-order valence-corrected chi connectivity index (χ0v) is 10.3. The normalized spacial score (nSPS) is 15.2. The average Bonchev–Trinajstić information content (AvgIpc) is 2.89. The molecule has 2 rings (SSSR count). The second kappa shape index (κ2) is 6.12. The molecule has 0 spiro atoms. The first-order chi connectivity index (χ1) is 9.15. The smallest absolute Gasteiger partial charge is 0.338 e. The molecule has 1 heterocycles. The van der Waals surface area contributed by atoms with E-state index in [0.717, 1.165) is 38.1 Å². The summed E-state index contributed by atoms with van der Waals surface area (Å²) in [4.78, 5) is 29.6. The van der Waals surface area contributed by atoms with Gasteiger partial charge in [-0.1, -0.05) is 12.8 Å². The third kappa shape index (κ3) is 3.90. The van der Waals surface area contributed by atoms with E-state index in [1.807, 2.05) is 0 Å². The summed E-state index contributed by atoms with van der Waals surface area (Å²) in [6.45, 7) is -0.164. The first-order valence-electron chi connectivity index (χ1n) is 6.12. The number of hydrogen-bond donors (Lipinski definition) is 2. The van der Waals surface area contributed by atoms with Crippen molar-refractivity contribution in [1.29, 1.82) is 0 Å². The third-order valence-corrected chi connectivity index (χ3v) is 2.93. The second-order valence-corrected chi connectivity index (χ2v) is 4.40. The highest BCUT2D eigenvalue weighted by Crippen LogP contribution is 2.17. The molecule has 2 N–H and O–H groups in total. The minimum absolute atomic E-state index is 0.00780. The van der Waals surface area contributed by atoms with Crippen LogP contribution in [0, 0.1) is 0 Å². The summed E-state index contributed by atoms with van der Waals surface area (Å²) in [6, 6.07) is 0.234. The number of nitrogens with one attached hydrogen (secondary N) is 1. The Balaban J connectivity index is 1.77. The Kier molecular flexibility index (Phi) is 4.27. The monoisotopic (exact) mass is 265 g/mol. The van der Waals surface area contributed by atoms with E-state index in [9.17, 15) is 9.59 Å². The highest BCUT2D eigenvalue weighted by Gasteiger charge is 2.17. The Morgan fingerprint density at radius 3 is 2.53 bits per heavy atom. The van der Waals surface area contributed by atoms with Gasteiger partial charge in [-0.15, -0.1) is 0 Å². The Bertz CT molecular complexity index is 455. The van der Waals surface area contributed by atoms with Crippen LogP contribution in [0.2, 0.25) is 0 Å². The molecule has 0 bridgehead atoms. The van der Waals surface area contributed by atoms with Gasteiger partial charge in [0.05, 0.1) is 5.56 Å². The molecule has 1 aromatic rings. The van der Waals surface area contributed by atoms with Crippen LogP contribution in [0.25, 0.3) is 0 Å². The Labute approximate surface area is 110 Å². The maximum atomic E-state index is 11.6. The van der Waals surface area contributed by atoms with Crippen molar-refractivity contribution in [3.05, 3.63) is 18.0 Å². The molecule has 1 saturated carbocycles.